The first-order valence-corrected chi connectivity index (χ1v) is 7.03. The largest absolute Gasteiger partial charge is 0.369 e. The Labute approximate surface area is 116 Å². The second kappa shape index (κ2) is 5.92. The monoisotopic (exact) mass is 279 g/mol. The summed E-state index contributed by atoms with van der Waals surface area (Å²) in [6.45, 7) is 2.81. The third kappa shape index (κ3) is 3.17. The Bertz CT molecular complexity index is 574. The number of carbonyl (C=O) groups excluding carboxylic acids is 1. The third-order valence-corrected chi connectivity index (χ3v) is 3.83. The van der Waals surface area contributed by atoms with Crippen molar-refractivity contribution in [3.63, 3.8) is 0 Å². The molecule has 0 aliphatic rings. The lowest BCUT2D eigenvalue weighted by Crippen LogP contribution is -2.14. The lowest BCUT2D eigenvalue weighted by molar-refractivity contribution is -0.115. The molecule has 0 fully saturated rings. The smallest absolute Gasteiger partial charge is 0.227 e. The van der Waals surface area contributed by atoms with Crippen molar-refractivity contribution in [3.8, 4) is 0 Å². The fraction of sp³-hybridized carbons (Fsp3) is 0.417. The summed E-state index contributed by atoms with van der Waals surface area (Å²) in [4.78, 5) is 10.8. The average molecular weight is 279 g/mol. The van der Waals surface area contributed by atoms with Gasteiger partial charge >= 0.3 is 0 Å². The minimum absolute atomic E-state index is 0.224. The predicted octanol–water partition coefficient (Wildman–Crippen LogP) is 0.805. The maximum Gasteiger partial charge on any atom is 0.227 e. The van der Waals surface area contributed by atoms with Gasteiger partial charge in [0, 0.05) is 31.9 Å². The molecule has 102 valence electrons. The van der Waals surface area contributed by atoms with Crippen LogP contribution in [0.25, 0.3) is 0 Å². The number of nitrogens with two attached hydrogens (primary N) is 1. The number of amides is 1. The molecule has 19 heavy (non-hydrogen) atoms. The molecule has 0 saturated carbocycles. The molecule has 0 unspecified atom stereocenters. The molecule has 0 aromatic carbocycles. The van der Waals surface area contributed by atoms with Gasteiger partial charge in [0.2, 0.25) is 5.91 Å². The lowest BCUT2D eigenvalue weighted by Gasteiger charge is -2.07. The predicted molar refractivity (Wildman–Crippen MR) is 73.8 cm³/mol. The van der Waals surface area contributed by atoms with Gasteiger partial charge in [-0.05, 0) is 19.1 Å². The number of carbonyl (C=O) groups is 1. The molecule has 0 bridgehead atoms. The van der Waals surface area contributed by atoms with Crippen molar-refractivity contribution >= 4 is 17.7 Å². The van der Waals surface area contributed by atoms with E-state index < -0.39 is 0 Å². The van der Waals surface area contributed by atoms with Crippen LogP contribution >= 0.6 is 11.8 Å². The molecule has 1 amide bonds. The van der Waals surface area contributed by atoms with Gasteiger partial charge in [0.15, 0.2) is 5.16 Å². The Kier molecular flexibility index (Phi) is 4.26. The molecule has 2 heterocycles. The molecule has 0 spiro atoms. The minimum atomic E-state index is -0.348. The number of primary amides is 1. The van der Waals surface area contributed by atoms with Crippen molar-refractivity contribution < 1.29 is 4.79 Å². The Morgan fingerprint density at radius 2 is 2.26 bits per heavy atom. The summed E-state index contributed by atoms with van der Waals surface area (Å²) in [5.41, 5.74) is 6.32. The van der Waals surface area contributed by atoms with Crippen LogP contribution < -0.4 is 5.73 Å². The van der Waals surface area contributed by atoms with Crippen molar-refractivity contribution in [2.45, 2.75) is 25.0 Å². The molecule has 0 atom stereocenters. The Balaban J connectivity index is 2.17. The molecule has 2 aromatic rings. The number of hydrogen-bond acceptors (Lipinski definition) is 4. The van der Waals surface area contributed by atoms with Gasteiger partial charge in [0.25, 0.3) is 0 Å². The summed E-state index contributed by atoms with van der Waals surface area (Å²) in [6.07, 6.45) is 2.73. The van der Waals surface area contributed by atoms with Crippen molar-refractivity contribution in [2.24, 2.45) is 12.8 Å². The highest BCUT2D eigenvalue weighted by atomic mass is 32.2. The van der Waals surface area contributed by atoms with E-state index in [4.69, 9.17) is 5.73 Å². The summed E-state index contributed by atoms with van der Waals surface area (Å²) < 4.78 is 4.07. The summed E-state index contributed by atoms with van der Waals surface area (Å²) in [6, 6.07) is 4.07. The molecule has 0 aliphatic heterocycles. The first kappa shape index (κ1) is 13.7. The molecular formula is C12H17N5OS. The highest BCUT2D eigenvalue weighted by Gasteiger charge is 2.13. The van der Waals surface area contributed by atoms with Gasteiger partial charge in [-0.15, -0.1) is 10.2 Å². The standard InChI is InChI=1S/C12H17N5OS/c1-3-17-11(7-9-5-4-6-16(9)2)14-15-12(17)19-8-10(13)18/h4-6H,3,7-8H2,1-2H3,(H2,13,18). The maximum absolute atomic E-state index is 10.8. The number of aromatic nitrogens is 4. The fourth-order valence-electron chi connectivity index (χ4n) is 1.85. The van der Waals surface area contributed by atoms with Crippen LogP contribution in [-0.4, -0.2) is 31.0 Å². The second-order valence-electron chi connectivity index (χ2n) is 4.19. The number of aryl methyl sites for hydroxylation is 1. The Hall–Kier alpha value is -1.76. The van der Waals surface area contributed by atoms with Gasteiger partial charge < -0.3 is 14.9 Å². The van der Waals surface area contributed by atoms with E-state index in [1.54, 1.807) is 0 Å². The Morgan fingerprint density at radius 3 is 2.84 bits per heavy atom. The zero-order chi connectivity index (χ0) is 13.8. The molecule has 2 N–H and O–H groups in total. The van der Waals surface area contributed by atoms with E-state index in [1.807, 2.05) is 30.8 Å². The van der Waals surface area contributed by atoms with Crippen LogP contribution in [0, 0.1) is 0 Å². The van der Waals surface area contributed by atoms with Crippen LogP contribution in [0.5, 0.6) is 0 Å². The summed E-state index contributed by atoms with van der Waals surface area (Å²) in [5, 5.41) is 9.08. The minimum Gasteiger partial charge on any atom is -0.369 e. The van der Waals surface area contributed by atoms with Gasteiger partial charge in [-0.2, -0.15) is 0 Å². The van der Waals surface area contributed by atoms with E-state index in [9.17, 15) is 4.79 Å². The van der Waals surface area contributed by atoms with Crippen molar-refractivity contribution in [2.75, 3.05) is 5.75 Å². The van der Waals surface area contributed by atoms with E-state index in [2.05, 4.69) is 20.8 Å². The molecule has 7 heteroatoms. The van der Waals surface area contributed by atoms with Crippen LogP contribution in [0.1, 0.15) is 18.4 Å². The topological polar surface area (TPSA) is 78.7 Å². The van der Waals surface area contributed by atoms with Crippen LogP contribution in [-0.2, 0) is 24.8 Å². The number of nitrogens with zero attached hydrogens (tertiary/aromatic N) is 4. The molecule has 2 aromatic heterocycles. The molecule has 2 rings (SSSR count). The number of thioether (sulfide) groups is 1. The highest BCUT2D eigenvalue weighted by Crippen LogP contribution is 2.18. The van der Waals surface area contributed by atoms with E-state index in [0.717, 1.165) is 23.9 Å². The van der Waals surface area contributed by atoms with Crippen LogP contribution in [0.15, 0.2) is 23.5 Å². The van der Waals surface area contributed by atoms with Crippen molar-refractivity contribution in [3.05, 3.63) is 29.8 Å². The van der Waals surface area contributed by atoms with Crippen molar-refractivity contribution in [1.82, 2.24) is 19.3 Å². The molecule has 0 aliphatic carbocycles. The van der Waals surface area contributed by atoms with E-state index in [-0.39, 0.29) is 11.7 Å². The lowest BCUT2D eigenvalue weighted by atomic mass is 10.3. The number of hydrogen-bond donors (Lipinski definition) is 1. The molecule has 0 radical (unpaired) electrons. The Morgan fingerprint density at radius 1 is 1.47 bits per heavy atom. The molecular weight excluding hydrogens is 262 g/mol. The average Bonchev–Trinajstić information content (AvgIpc) is 2.94. The van der Waals surface area contributed by atoms with Crippen LogP contribution in [0.2, 0.25) is 0 Å². The van der Waals surface area contributed by atoms with E-state index in [0.29, 0.717) is 0 Å². The van der Waals surface area contributed by atoms with E-state index in [1.165, 1.54) is 17.5 Å². The van der Waals surface area contributed by atoms with Gasteiger partial charge in [-0.25, -0.2) is 0 Å². The van der Waals surface area contributed by atoms with E-state index >= 15 is 0 Å². The quantitative estimate of drug-likeness (QED) is 0.793. The summed E-state index contributed by atoms with van der Waals surface area (Å²) >= 11 is 1.33. The first-order valence-electron chi connectivity index (χ1n) is 6.05. The van der Waals surface area contributed by atoms with Crippen LogP contribution in [0.3, 0.4) is 0 Å². The van der Waals surface area contributed by atoms with Crippen LogP contribution in [0.4, 0.5) is 0 Å². The highest BCUT2D eigenvalue weighted by molar-refractivity contribution is 7.99. The molecule has 6 nitrogen and oxygen atoms in total. The zero-order valence-corrected chi connectivity index (χ0v) is 11.9. The zero-order valence-electron chi connectivity index (χ0n) is 11.0. The van der Waals surface area contributed by atoms with Gasteiger partial charge in [0.1, 0.15) is 5.82 Å². The third-order valence-electron chi connectivity index (χ3n) is 2.84. The first-order chi connectivity index (χ1) is 9.11. The summed E-state index contributed by atoms with van der Waals surface area (Å²) in [5.74, 6) is 0.776. The van der Waals surface area contributed by atoms with Gasteiger partial charge in [-0.3, -0.25) is 4.79 Å². The number of rotatable bonds is 6. The second-order valence-corrected chi connectivity index (χ2v) is 5.13. The summed E-state index contributed by atoms with van der Waals surface area (Å²) in [7, 11) is 2.00. The van der Waals surface area contributed by atoms with Gasteiger partial charge in [-0.1, -0.05) is 11.8 Å². The maximum atomic E-state index is 10.8. The van der Waals surface area contributed by atoms with Crippen molar-refractivity contribution in [1.29, 1.82) is 0 Å². The fourth-order valence-corrected chi connectivity index (χ4v) is 2.61. The molecule has 0 saturated heterocycles. The SMILES string of the molecule is CCn1c(Cc2cccn2C)nnc1SCC(N)=O. The normalized spacial score (nSPS) is 10.8. The van der Waals surface area contributed by atoms with Gasteiger partial charge in [0.05, 0.1) is 5.75 Å².